The van der Waals surface area contributed by atoms with Gasteiger partial charge in [-0.2, -0.15) is 0 Å². The Hall–Kier alpha value is -1.55. The number of aliphatic hydroxyl groups is 1. The van der Waals surface area contributed by atoms with Gasteiger partial charge in [-0.15, -0.1) is 0 Å². The molecule has 23 heavy (non-hydrogen) atoms. The van der Waals surface area contributed by atoms with Gasteiger partial charge >= 0.3 is 5.97 Å². The molecular weight excluding hydrogens is 292 g/mol. The predicted octanol–water partition coefficient (Wildman–Crippen LogP) is 3.80. The molecule has 0 saturated heterocycles. The molecule has 0 heterocycles. The Morgan fingerprint density at radius 3 is 1.87 bits per heavy atom. The number of phenolic OH excluding ortho intramolecular Hbond substituents is 1. The first-order chi connectivity index (χ1) is 10.3. The van der Waals surface area contributed by atoms with E-state index in [4.69, 9.17) is 9.84 Å². The highest BCUT2D eigenvalue weighted by molar-refractivity contribution is 5.70. The highest BCUT2D eigenvalue weighted by atomic mass is 16.6. The molecule has 4 heteroatoms. The minimum Gasteiger partial charge on any atom is -0.507 e. The fourth-order valence-electron chi connectivity index (χ4n) is 2.48. The van der Waals surface area contributed by atoms with E-state index in [0.717, 1.165) is 16.7 Å². The number of carbonyl (C=O) groups is 1. The van der Waals surface area contributed by atoms with Gasteiger partial charge in [-0.05, 0) is 40.9 Å². The minimum atomic E-state index is -1.09. The van der Waals surface area contributed by atoms with E-state index in [1.54, 1.807) is 0 Å². The van der Waals surface area contributed by atoms with Crippen LogP contribution in [0.3, 0.4) is 0 Å². The van der Waals surface area contributed by atoms with Crippen molar-refractivity contribution in [1.29, 1.82) is 0 Å². The molecule has 0 spiro atoms. The lowest BCUT2D eigenvalue weighted by Crippen LogP contribution is -2.18. The van der Waals surface area contributed by atoms with Crippen molar-refractivity contribution in [2.75, 3.05) is 0 Å². The number of phenols is 1. The van der Waals surface area contributed by atoms with Gasteiger partial charge in [0.1, 0.15) is 5.75 Å². The molecule has 0 fully saturated rings. The van der Waals surface area contributed by atoms with E-state index in [1.165, 1.54) is 6.92 Å². The van der Waals surface area contributed by atoms with Gasteiger partial charge in [-0.3, -0.25) is 4.79 Å². The van der Waals surface area contributed by atoms with Crippen molar-refractivity contribution >= 4 is 5.97 Å². The lowest BCUT2D eigenvalue weighted by Gasteiger charge is -2.28. The Labute approximate surface area is 139 Å². The molecule has 1 aromatic rings. The summed E-state index contributed by atoms with van der Waals surface area (Å²) in [7, 11) is 0. The number of aliphatic hydroxyl groups excluding tert-OH is 1. The fourth-order valence-corrected chi connectivity index (χ4v) is 2.48. The highest BCUT2D eigenvalue weighted by Crippen LogP contribution is 2.39. The van der Waals surface area contributed by atoms with Gasteiger partial charge in [0.2, 0.25) is 0 Å². The van der Waals surface area contributed by atoms with Crippen molar-refractivity contribution in [3.05, 3.63) is 28.8 Å². The maximum atomic E-state index is 11.6. The molecule has 1 rings (SSSR count). The van der Waals surface area contributed by atoms with E-state index in [-0.39, 0.29) is 17.3 Å². The Morgan fingerprint density at radius 1 is 1.09 bits per heavy atom. The van der Waals surface area contributed by atoms with Crippen molar-refractivity contribution in [3.63, 3.8) is 0 Å². The molecule has 130 valence electrons. The van der Waals surface area contributed by atoms with Gasteiger partial charge in [0.15, 0.2) is 6.29 Å². The standard InChI is InChI=1S/C19H30O4/c1-12(20)23-16(21)9-8-13-10-14(18(2,3)4)17(22)15(11-13)19(5,6)7/h10-12,20,22H,8-9H2,1-7H3. The maximum absolute atomic E-state index is 11.6. The van der Waals surface area contributed by atoms with E-state index in [1.807, 2.05) is 12.1 Å². The second-order valence-electron chi connectivity index (χ2n) is 8.13. The number of carbonyl (C=O) groups excluding carboxylic acids is 1. The molecule has 4 nitrogen and oxygen atoms in total. The SMILES string of the molecule is CC(O)OC(=O)CCc1cc(C(C)(C)C)c(O)c(C(C)(C)C)c1. The molecule has 0 amide bonds. The van der Waals surface area contributed by atoms with Gasteiger partial charge in [-0.1, -0.05) is 53.7 Å². The van der Waals surface area contributed by atoms with Crippen LogP contribution in [-0.4, -0.2) is 22.5 Å². The van der Waals surface area contributed by atoms with Crippen LogP contribution in [0.2, 0.25) is 0 Å². The highest BCUT2D eigenvalue weighted by Gasteiger charge is 2.26. The summed E-state index contributed by atoms with van der Waals surface area (Å²) in [5.41, 5.74) is 2.35. The summed E-state index contributed by atoms with van der Waals surface area (Å²) in [5.74, 6) is -0.0944. The monoisotopic (exact) mass is 322 g/mol. The number of aryl methyl sites for hydroxylation is 1. The van der Waals surface area contributed by atoms with Crippen molar-refractivity contribution in [2.45, 2.75) is 78.4 Å². The molecule has 0 aromatic heterocycles. The van der Waals surface area contributed by atoms with E-state index in [0.29, 0.717) is 12.2 Å². The molecule has 1 aromatic carbocycles. The minimum absolute atomic E-state index is 0.194. The third-order valence-corrected chi connectivity index (χ3v) is 3.71. The van der Waals surface area contributed by atoms with Crippen LogP contribution in [-0.2, 0) is 26.8 Å². The first kappa shape index (κ1) is 19.5. The summed E-state index contributed by atoms with van der Waals surface area (Å²) in [5, 5.41) is 19.7. The van der Waals surface area contributed by atoms with Gasteiger partial charge < -0.3 is 14.9 Å². The predicted molar refractivity (Wildman–Crippen MR) is 91.6 cm³/mol. The Kier molecular flexibility index (Phi) is 5.86. The first-order valence-electron chi connectivity index (χ1n) is 8.06. The molecule has 0 aliphatic rings. The number of aromatic hydroxyl groups is 1. The van der Waals surface area contributed by atoms with Crippen molar-refractivity contribution in [2.24, 2.45) is 0 Å². The lowest BCUT2D eigenvalue weighted by molar-refractivity contribution is -0.164. The topological polar surface area (TPSA) is 66.8 Å². The molecule has 0 saturated carbocycles. The molecule has 1 unspecified atom stereocenters. The molecule has 0 bridgehead atoms. The van der Waals surface area contributed by atoms with Crippen LogP contribution in [0.4, 0.5) is 0 Å². The van der Waals surface area contributed by atoms with Crippen molar-refractivity contribution < 1.29 is 19.7 Å². The summed E-state index contributed by atoms with van der Waals surface area (Å²) < 4.78 is 4.76. The van der Waals surface area contributed by atoms with Crippen LogP contribution in [0.25, 0.3) is 0 Å². The van der Waals surface area contributed by atoms with E-state index >= 15 is 0 Å². The van der Waals surface area contributed by atoms with E-state index < -0.39 is 12.3 Å². The largest absolute Gasteiger partial charge is 0.507 e. The molecule has 0 aliphatic heterocycles. The second-order valence-corrected chi connectivity index (χ2v) is 8.13. The quantitative estimate of drug-likeness (QED) is 0.653. The molecule has 1 atom stereocenters. The van der Waals surface area contributed by atoms with Crippen molar-refractivity contribution in [3.8, 4) is 5.75 Å². The van der Waals surface area contributed by atoms with E-state index in [9.17, 15) is 9.90 Å². The summed E-state index contributed by atoms with van der Waals surface area (Å²) >= 11 is 0. The Bertz CT molecular complexity index is 525. The van der Waals surface area contributed by atoms with Crippen LogP contribution in [0.15, 0.2) is 12.1 Å². The number of esters is 1. The van der Waals surface area contributed by atoms with Gasteiger partial charge in [0.25, 0.3) is 0 Å². The van der Waals surface area contributed by atoms with Crippen molar-refractivity contribution in [1.82, 2.24) is 0 Å². The maximum Gasteiger partial charge on any atom is 0.308 e. The number of rotatable bonds is 4. The summed E-state index contributed by atoms with van der Waals surface area (Å²) in [6.45, 7) is 13.7. The fraction of sp³-hybridized carbons (Fsp3) is 0.632. The van der Waals surface area contributed by atoms with Crippen LogP contribution < -0.4 is 0 Å². The summed E-state index contributed by atoms with van der Waals surface area (Å²) in [6.07, 6.45) is -0.376. The number of ether oxygens (including phenoxy) is 1. The smallest absolute Gasteiger partial charge is 0.308 e. The van der Waals surface area contributed by atoms with Gasteiger partial charge in [0.05, 0.1) is 0 Å². The van der Waals surface area contributed by atoms with Crippen LogP contribution in [0.5, 0.6) is 5.75 Å². The molecule has 2 N–H and O–H groups in total. The number of hydrogen-bond donors (Lipinski definition) is 2. The van der Waals surface area contributed by atoms with Crippen LogP contribution in [0.1, 0.15) is 71.6 Å². The zero-order chi connectivity index (χ0) is 18.0. The zero-order valence-corrected chi connectivity index (χ0v) is 15.4. The average molecular weight is 322 g/mol. The lowest BCUT2D eigenvalue weighted by atomic mass is 9.78. The van der Waals surface area contributed by atoms with E-state index in [2.05, 4.69) is 41.5 Å². The summed E-state index contributed by atoms with van der Waals surface area (Å²) in [4.78, 5) is 11.6. The Balaban J connectivity index is 3.16. The molecular formula is C19H30O4. The number of benzene rings is 1. The zero-order valence-electron chi connectivity index (χ0n) is 15.4. The Morgan fingerprint density at radius 2 is 1.52 bits per heavy atom. The first-order valence-corrected chi connectivity index (χ1v) is 8.06. The average Bonchev–Trinajstić information content (AvgIpc) is 2.33. The summed E-state index contributed by atoms with van der Waals surface area (Å²) in [6, 6.07) is 3.92. The third-order valence-electron chi connectivity index (χ3n) is 3.71. The van der Waals surface area contributed by atoms with Gasteiger partial charge in [0, 0.05) is 6.42 Å². The third kappa shape index (κ3) is 5.54. The van der Waals surface area contributed by atoms with Crippen LogP contribution in [0, 0.1) is 0 Å². The van der Waals surface area contributed by atoms with Crippen LogP contribution >= 0.6 is 0 Å². The van der Waals surface area contributed by atoms with Gasteiger partial charge in [-0.25, -0.2) is 0 Å². The molecule has 0 aliphatic carbocycles. The second kappa shape index (κ2) is 6.91. The number of hydrogen-bond acceptors (Lipinski definition) is 4. The molecule has 0 radical (unpaired) electrons. The normalized spacial score (nSPS) is 13.7.